The molecular weight excluding hydrogens is 394 g/mol. The molecule has 0 atom stereocenters. The maximum Gasteiger partial charge on any atom is 0.252 e. The van der Waals surface area contributed by atoms with Crippen LogP contribution in [0.5, 0.6) is 17.2 Å². The SMILES string of the molecule is O=C(NCC#CCOc1ccc2c(c1)OCO2)c1ccccc1C(=O)c1ccccc1. The van der Waals surface area contributed by atoms with Gasteiger partial charge in [0.05, 0.1) is 12.1 Å². The number of hydrogen-bond donors (Lipinski definition) is 1. The minimum Gasteiger partial charge on any atom is -0.481 e. The average molecular weight is 413 g/mol. The first-order valence-electron chi connectivity index (χ1n) is 9.67. The molecule has 6 nitrogen and oxygen atoms in total. The van der Waals surface area contributed by atoms with Crippen molar-refractivity contribution in [3.63, 3.8) is 0 Å². The molecule has 1 aliphatic heterocycles. The standard InChI is InChI=1S/C25H19NO5/c27-24(18-8-2-1-3-9-18)20-10-4-5-11-21(20)25(28)26-14-6-7-15-29-19-12-13-22-23(16-19)31-17-30-22/h1-5,8-13,16H,14-15,17H2,(H,26,28). The van der Waals surface area contributed by atoms with Gasteiger partial charge in [0.1, 0.15) is 12.4 Å². The Kier molecular flexibility index (Phi) is 6.15. The summed E-state index contributed by atoms with van der Waals surface area (Å²) in [6, 6.07) is 20.9. The zero-order valence-electron chi connectivity index (χ0n) is 16.6. The van der Waals surface area contributed by atoms with Crippen LogP contribution in [0.25, 0.3) is 0 Å². The summed E-state index contributed by atoms with van der Waals surface area (Å²) in [4.78, 5) is 25.3. The quantitative estimate of drug-likeness (QED) is 0.495. The normalized spacial score (nSPS) is 11.2. The number of ketones is 1. The summed E-state index contributed by atoms with van der Waals surface area (Å²) in [5.41, 5.74) is 1.20. The monoisotopic (exact) mass is 413 g/mol. The average Bonchev–Trinajstić information content (AvgIpc) is 3.29. The summed E-state index contributed by atoms with van der Waals surface area (Å²) >= 11 is 0. The van der Waals surface area contributed by atoms with Crippen LogP contribution in [0.4, 0.5) is 0 Å². The summed E-state index contributed by atoms with van der Waals surface area (Å²) in [5.74, 6) is 7.08. The van der Waals surface area contributed by atoms with Gasteiger partial charge in [-0.15, -0.1) is 0 Å². The van der Waals surface area contributed by atoms with Gasteiger partial charge in [-0.3, -0.25) is 9.59 Å². The lowest BCUT2D eigenvalue weighted by Gasteiger charge is -2.08. The lowest BCUT2D eigenvalue weighted by atomic mass is 9.98. The van der Waals surface area contributed by atoms with E-state index in [0.717, 1.165) is 0 Å². The molecule has 154 valence electrons. The molecule has 0 unspecified atom stereocenters. The second kappa shape index (κ2) is 9.51. The molecule has 0 fully saturated rings. The maximum absolute atomic E-state index is 12.8. The molecule has 3 aromatic carbocycles. The van der Waals surface area contributed by atoms with Crippen molar-refractivity contribution in [1.29, 1.82) is 0 Å². The van der Waals surface area contributed by atoms with Gasteiger partial charge < -0.3 is 19.5 Å². The summed E-state index contributed by atoms with van der Waals surface area (Å²) < 4.78 is 16.1. The highest BCUT2D eigenvalue weighted by atomic mass is 16.7. The summed E-state index contributed by atoms with van der Waals surface area (Å²) in [5, 5.41) is 2.72. The van der Waals surface area contributed by atoms with E-state index in [2.05, 4.69) is 17.2 Å². The Balaban J connectivity index is 1.31. The van der Waals surface area contributed by atoms with Crippen LogP contribution in [0, 0.1) is 11.8 Å². The van der Waals surface area contributed by atoms with Crippen molar-refractivity contribution in [3.8, 4) is 29.1 Å². The van der Waals surface area contributed by atoms with Gasteiger partial charge in [-0.25, -0.2) is 0 Å². The Hall–Kier alpha value is -4.24. The highest BCUT2D eigenvalue weighted by Gasteiger charge is 2.17. The summed E-state index contributed by atoms with van der Waals surface area (Å²) in [6.07, 6.45) is 0. The van der Waals surface area contributed by atoms with Crippen LogP contribution in [-0.2, 0) is 0 Å². The van der Waals surface area contributed by atoms with E-state index in [4.69, 9.17) is 14.2 Å². The zero-order valence-corrected chi connectivity index (χ0v) is 16.6. The molecule has 31 heavy (non-hydrogen) atoms. The van der Waals surface area contributed by atoms with Crippen molar-refractivity contribution in [2.45, 2.75) is 0 Å². The summed E-state index contributed by atoms with van der Waals surface area (Å²) in [6.45, 7) is 0.508. The van der Waals surface area contributed by atoms with E-state index in [9.17, 15) is 9.59 Å². The van der Waals surface area contributed by atoms with Crippen molar-refractivity contribution in [2.24, 2.45) is 0 Å². The van der Waals surface area contributed by atoms with Crippen LogP contribution in [0.2, 0.25) is 0 Å². The molecular formula is C25H19NO5. The molecule has 0 bridgehead atoms. The number of hydrogen-bond acceptors (Lipinski definition) is 5. The van der Waals surface area contributed by atoms with Crippen LogP contribution in [0.3, 0.4) is 0 Å². The van der Waals surface area contributed by atoms with Gasteiger partial charge in [0.15, 0.2) is 17.3 Å². The van der Waals surface area contributed by atoms with Crippen LogP contribution < -0.4 is 19.5 Å². The smallest absolute Gasteiger partial charge is 0.252 e. The van der Waals surface area contributed by atoms with Gasteiger partial charge in [-0.2, -0.15) is 0 Å². The number of ether oxygens (including phenoxy) is 3. The van der Waals surface area contributed by atoms with Gasteiger partial charge in [-0.1, -0.05) is 60.4 Å². The van der Waals surface area contributed by atoms with Crippen molar-refractivity contribution < 1.29 is 23.8 Å². The highest BCUT2D eigenvalue weighted by molar-refractivity contribution is 6.15. The molecule has 0 saturated carbocycles. The number of nitrogens with one attached hydrogen (secondary N) is 1. The lowest BCUT2D eigenvalue weighted by Crippen LogP contribution is -2.25. The summed E-state index contributed by atoms with van der Waals surface area (Å²) in [7, 11) is 0. The molecule has 0 aliphatic carbocycles. The molecule has 4 rings (SSSR count). The number of carbonyl (C=O) groups excluding carboxylic acids is 2. The minimum absolute atomic E-state index is 0.136. The fraction of sp³-hybridized carbons (Fsp3) is 0.120. The Morgan fingerprint density at radius 1 is 0.871 bits per heavy atom. The van der Waals surface area contributed by atoms with Gasteiger partial charge >= 0.3 is 0 Å². The van der Waals surface area contributed by atoms with Crippen LogP contribution >= 0.6 is 0 Å². The molecule has 3 aromatic rings. The van der Waals surface area contributed by atoms with Crippen LogP contribution in [0.15, 0.2) is 72.8 Å². The molecule has 6 heteroatoms. The van der Waals surface area contributed by atoms with E-state index >= 15 is 0 Å². The molecule has 0 spiro atoms. The third-order valence-electron chi connectivity index (χ3n) is 4.57. The van der Waals surface area contributed by atoms with Gasteiger partial charge in [-0.05, 0) is 18.2 Å². The third kappa shape index (κ3) is 4.85. The minimum atomic E-state index is -0.356. The zero-order chi connectivity index (χ0) is 21.5. The Labute approximate surface area is 179 Å². The second-order valence-electron chi connectivity index (χ2n) is 6.58. The first-order valence-corrected chi connectivity index (χ1v) is 9.67. The number of carbonyl (C=O) groups is 2. The molecule has 0 aromatic heterocycles. The van der Waals surface area contributed by atoms with E-state index in [1.165, 1.54) is 0 Å². The second-order valence-corrected chi connectivity index (χ2v) is 6.58. The lowest BCUT2D eigenvalue weighted by molar-refractivity contribution is 0.0946. The van der Waals surface area contributed by atoms with Crippen molar-refractivity contribution >= 4 is 11.7 Å². The predicted octanol–water partition coefficient (Wildman–Crippen LogP) is 3.46. The van der Waals surface area contributed by atoms with E-state index in [-0.39, 0.29) is 31.6 Å². The van der Waals surface area contributed by atoms with E-state index in [1.807, 2.05) is 6.07 Å². The molecule has 1 aliphatic rings. The number of benzene rings is 3. The number of fused-ring (bicyclic) bond motifs is 1. The topological polar surface area (TPSA) is 73.9 Å². The van der Waals surface area contributed by atoms with Gasteiger partial charge in [0.25, 0.3) is 5.91 Å². The first kappa shape index (κ1) is 20.0. The first-order chi connectivity index (χ1) is 15.2. The van der Waals surface area contributed by atoms with Crippen molar-refractivity contribution in [3.05, 3.63) is 89.5 Å². The Morgan fingerprint density at radius 2 is 1.61 bits per heavy atom. The molecule has 1 N–H and O–H groups in total. The van der Waals surface area contributed by atoms with E-state index < -0.39 is 0 Å². The highest BCUT2D eigenvalue weighted by Crippen LogP contribution is 2.34. The van der Waals surface area contributed by atoms with Crippen molar-refractivity contribution in [2.75, 3.05) is 19.9 Å². The largest absolute Gasteiger partial charge is 0.481 e. The molecule has 0 saturated heterocycles. The fourth-order valence-corrected chi connectivity index (χ4v) is 3.04. The number of rotatable bonds is 6. The van der Waals surface area contributed by atoms with E-state index in [1.54, 1.807) is 66.7 Å². The van der Waals surface area contributed by atoms with Crippen LogP contribution in [-0.4, -0.2) is 31.6 Å². The predicted molar refractivity (Wildman–Crippen MR) is 114 cm³/mol. The van der Waals surface area contributed by atoms with Gasteiger partial charge in [0, 0.05) is 17.2 Å². The van der Waals surface area contributed by atoms with Crippen LogP contribution in [0.1, 0.15) is 26.3 Å². The van der Waals surface area contributed by atoms with Crippen molar-refractivity contribution in [1.82, 2.24) is 5.32 Å². The molecule has 1 heterocycles. The maximum atomic E-state index is 12.8. The molecule has 1 amide bonds. The third-order valence-corrected chi connectivity index (χ3v) is 4.57. The Morgan fingerprint density at radius 3 is 2.45 bits per heavy atom. The van der Waals surface area contributed by atoms with E-state index in [0.29, 0.717) is 33.9 Å². The van der Waals surface area contributed by atoms with Gasteiger partial charge in [0.2, 0.25) is 6.79 Å². The fourth-order valence-electron chi connectivity index (χ4n) is 3.04. The molecule has 0 radical (unpaired) electrons. The Bertz CT molecular complexity index is 1160. The number of amides is 1.